The van der Waals surface area contributed by atoms with E-state index in [-0.39, 0.29) is 12.2 Å². The molecule has 2 fully saturated rings. The summed E-state index contributed by atoms with van der Waals surface area (Å²) in [6, 6.07) is 9.84. The van der Waals surface area contributed by atoms with Gasteiger partial charge in [0.1, 0.15) is 5.60 Å². The fourth-order valence-electron chi connectivity index (χ4n) is 3.75. The number of fused-ring (bicyclic) bond motifs is 1. The van der Waals surface area contributed by atoms with E-state index >= 15 is 0 Å². The highest BCUT2D eigenvalue weighted by Gasteiger charge is 2.56. The first-order chi connectivity index (χ1) is 10.8. The van der Waals surface area contributed by atoms with Crippen LogP contribution in [-0.4, -0.2) is 34.8 Å². The van der Waals surface area contributed by atoms with Crippen molar-refractivity contribution in [1.82, 2.24) is 4.90 Å². The Morgan fingerprint density at radius 2 is 1.87 bits per heavy atom. The van der Waals surface area contributed by atoms with E-state index in [1.54, 1.807) is 0 Å². The lowest BCUT2D eigenvalue weighted by atomic mass is 10.0. The van der Waals surface area contributed by atoms with Gasteiger partial charge in [-0.1, -0.05) is 30.3 Å². The van der Waals surface area contributed by atoms with E-state index in [4.69, 9.17) is 4.74 Å². The molecule has 126 valence electrons. The van der Waals surface area contributed by atoms with Crippen molar-refractivity contribution in [3.63, 3.8) is 0 Å². The Hall–Kier alpha value is -1.55. The van der Waals surface area contributed by atoms with Crippen LogP contribution in [0.4, 0.5) is 4.79 Å². The number of aliphatic hydroxyl groups excluding tert-OH is 1. The van der Waals surface area contributed by atoms with E-state index in [2.05, 4.69) is 0 Å². The number of hydrogen-bond acceptors (Lipinski definition) is 3. The molecule has 4 atom stereocenters. The van der Waals surface area contributed by atoms with Crippen molar-refractivity contribution in [3.8, 4) is 0 Å². The number of hydrogen-bond donors (Lipinski definition) is 1. The van der Waals surface area contributed by atoms with Gasteiger partial charge >= 0.3 is 6.09 Å². The molecule has 1 saturated heterocycles. The Kier molecular flexibility index (Phi) is 4.37. The first kappa shape index (κ1) is 16.3. The molecule has 1 saturated carbocycles. The number of nitrogens with zero attached hydrogens (tertiary/aromatic N) is 1. The topological polar surface area (TPSA) is 49.8 Å². The molecule has 2 aliphatic rings. The van der Waals surface area contributed by atoms with Gasteiger partial charge in [-0.05, 0) is 56.9 Å². The second-order valence-electron chi connectivity index (χ2n) is 7.88. The molecule has 0 aromatic heterocycles. The van der Waals surface area contributed by atoms with Gasteiger partial charge in [0.15, 0.2) is 0 Å². The van der Waals surface area contributed by atoms with Crippen LogP contribution in [0.25, 0.3) is 0 Å². The standard InChI is InChI=1S/C19H27NO3/c1-19(2,3)23-18(22)20-11-15-14(16(15)12-20)9-10-17(21)13-7-5-4-6-8-13/h4-8,14-17,21H,9-12H2,1-3H3/t14-,15-,16+,17?. The summed E-state index contributed by atoms with van der Waals surface area (Å²) in [5.74, 6) is 1.86. The quantitative estimate of drug-likeness (QED) is 0.923. The van der Waals surface area contributed by atoms with Crippen LogP contribution in [0.15, 0.2) is 30.3 Å². The molecular formula is C19H27NO3. The number of carbonyl (C=O) groups is 1. The summed E-state index contributed by atoms with van der Waals surface area (Å²) in [5, 5.41) is 10.2. The van der Waals surface area contributed by atoms with Crippen molar-refractivity contribution in [1.29, 1.82) is 0 Å². The minimum absolute atomic E-state index is 0.187. The van der Waals surface area contributed by atoms with Gasteiger partial charge in [0.05, 0.1) is 6.10 Å². The molecule has 1 N–H and O–H groups in total. The number of ether oxygens (including phenoxy) is 1. The maximum absolute atomic E-state index is 12.0. The highest BCUT2D eigenvalue weighted by atomic mass is 16.6. The second-order valence-corrected chi connectivity index (χ2v) is 7.88. The molecule has 1 unspecified atom stereocenters. The molecule has 23 heavy (non-hydrogen) atoms. The van der Waals surface area contributed by atoms with Crippen molar-refractivity contribution >= 4 is 6.09 Å². The third-order valence-corrected chi connectivity index (χ3v) is 4.98. The summed E-state index contributed by atoms with van der Waals surface area (Å²) in [7, 11) is 0. The Labute approximate surface area is 138 Å². The smallest absolute Gasteiger partial charge is 0.410 e. The van der Waals surface area contributed by atoms with E-state index in [1.807, 2.05) is 56.0 Å². The summed E-state index contributed by atoms with van der Waals surface area (Å²) >= 11 is 0. The van der Waals surface area contributed by atoms with E-state index in [0.29, 0.717) is 17.8 Å². The molecule has 0 bridgehead atoms. The molecule has 4 nitrogen and oxygen atoms in total. The van der Waals surface area contributed by atoms with Crippen LogP contribution in [0.3, 0.4) is 0 Å². The molecule has 1 aliphatic carbocycles. The molecular weight excluding hydrogens is 290 g/mol. The van der Waals surface area contributed by atoms with Crippen LogP contribution in [0.1, 0.15) is 45.3 Å². The van der Waals surface area contributed by atoms with Gasteiger partial charge in [-0.25, -0.2) is 4.79 Å². The number of likely N-dealkylation sites (tertiary alicyclic amines) is 1. The van der Waals surface area contributed by atoms with Gasteiger partial charge in [-0.2, -0.15) is 0 Å². The highest BCUT2D eigenvalue weighted by Crippen LogP contribution is 2.54. The number of rotatable bonds is 4. The Bertz CT molecular complexity index is 539. The van der Waals surface area contributed by atoms with Crippen LogP contribution in [0, 0.1) is 17.8 Å². The molecule has 4 heteroatoms. The molecule has 1 aliphatic heterocycles. The number of piperidine rings is 1. The monoisotopic (exact) mass is 317 g/mol. The van der Waals surface area contributed by atoms with Gasteiger partial charge < -0.3 is 14.7 Å². The minimum atomic E-state index is -0.428. The molecule has 3 rings (SSSR count). The normalized spacial score (nSPS) is 27.5. The number of amides is 1. The SMILES string of the molecule is CC(C)(C)OC(=O)N1C[C@@H]2[C@@H](CCC(O)c3ccccc3)[C@@H]2C1. The average Bonchev–Trinajstić information content (AvgIpc) is 2.93. The van der Waals surface area contributed by atoms with Crippen LogP contribution in [0.5, 0.6) is 0 Å². The Morgan fingerprint density at radius 1 is 1.26 bits per heavy atom. The second kappa shape index (κ2) is 6.16. The van der Waals surface area contributed by atoms with Crippen LogP contribution in [-0.2, 0) is 4.74 Å². The highest BCUT2D eigenvalue weighted by molar-refractivity contribution is 5.68. The Morgan fingerprint density at radius 3 is 2.43 bits per heavy atom. The third kappa shape index (κ3) is 3.86. The van der Waals surface area contributed by atoms with Crippen molar-refractivity contribution in [3.05, 3.63) is 35.9 Å². The zero-order valence-corrected chi connectivity index (χ0v) is 14.2. The lowest BCUT2D eigenvalue weighted by molar-refractivity contribution is 0.0263. The van der Waals surface area contributed by atoms with Crippen LogP contribution < -0.4 is 0 Å². The van der Waals surface area contributed by atoms with Gasteiger partial charge in [0.25, 0.3) is 0 Å². The summed E-state index contributed by atoms with van der Waals surface area (Å²) < 4.78 is 5.43. The predicted octanol–water partition coefficient (Wildman–Crippen LogP) is 3.61. The zero-order chi connectivity index (χ0) is 16.6. The number of benzene rings is 1. The fourth-order valence-corrected chi connectivity index (χ4v) is 3.75. The molecule has 0 spiro atoms. The maximum Gasteiger partial charge on any atom is 0.410 e. The molecule has 1 aromatic rings. The van der Waals surface area contributed by atoms with E-state index in [1.165, 1.54) is 0 Å². The van der Waals surface area contributed by atoms with Crippen molar-refractivity contribution in [2.75, 3.05) is 13.1 Å². The first-order valence-electron chi connectivity index (χ1n) is 8.56. The van der Waals surface area contributed by atoms with E-state index in [0.717, 1.165) is 31.5 Å². The number of carbonyl (C=O) groups excluding carboxylic acids is 1. The van der Waals surface area contributed by atoms with Crippen molar-refractivity contribution in [2.45, 2.75) is 45.3 Å². The van der Waals surface area contributed by atoms with Gasteiger partial charge in [-0.15, -0.1) is 0 Å². The van der Waals surface area contributed by atoms with Crippen molar-refractivity contribution in [2.24, 2.45) is 17.8 Å². The largest absolute Gasteiger partial charge is 0.444 e. The van der Waals surface area contributed by atoms with Crippen molar-refractivity contribution < 1.29 is 14.6 Å². The van der Waals surface area contributed by atoms with Gasteiger partial charge in [0.2, 0.25) is 0 Å². The molecule has 1 amide bonds. The predicted molar refractivity (Wildman–Crippen MR) is 88.9 cm³/mol. The summed E-state index contributed by atoms with van der Waals surface area (Å²) in [6.07, 6.45) is 1.27. The number of aliphatic hydroxyl groups is 1. The maximum atomic E-state index is 12.0. The van der Waals surface area contributed by atoms with E-state index in [9.17, 15) is 9.90 Å². The van der Waals surface area contributed by atoms with Gasteiger partial charge in [0, 0.05) is 13.1 Å². The van der Waals surface area contributed by atoms with Crippen LogP contribution in [0.2, 0.25) is 0 Å². The zero-order valence-electron chi connectivity index (χ0n) is 14.2. The Balaban J connectivity index is 1.41. The fraction of sp³-hybridized carbons (Fsp3) is 0.632. The molecule has 1 aromatic carbocycles. The third-order valence-electron chi connectivity index (χ3n) is 4.98. The minimum Gasteiger partial charge on any atom is -0.444 e. The first-order valence-corrected chi connectivity index (χ1v) is 8.56. The summed E-state index contributed by atoms with van der Waals surface area (Å²) in [5.41, 5.74) is 0.567. The molecule has 0 radical (unpaired) electrons. The van der Waals surface area contributed by atoms with Gasteiger partial charge in [-0.3, -0.25) is 0 Å². The van der Waals surface area contributed by atoms with Crippen LogP contribution >= 0.6 is 0 Å². The summed E-state index contributed by atoms with van der Waals surface area (Å²) in [6.45, 7) is 7.32. The average molecular weight is 317 g/mol. The lowest BCUT2D eigenvalue weighted by Crippen LogP contribution is -2.37. The molecule has 1 heterocycles. The van der Waals surface area contributed by atoms with E-state index < -0.39 is 5.60 Å². The summed E-state index contributed by atoms with van der Waals surface area (Å²) in [4.78, 5) is 13.9. The lowest BCUT2D eigenvalue weighted by Gasteiger charge is -2.26.